The molecule has 0 fully saturated rings. The maximum Gasteiger partial charge on any atom is 0.137 e. The highest BCUT2D eigenvalue weighted by molar-refractivity contribution is 7.17. The van der Waals surface area contributed by atoms with E-state index in [1.807, 2.05) is 13.0 Å². The van der Waals surface area contributed by atoms with Crippen LogP contribution in [0.5, 0.6) is 5.75 Å². The smallest absolute Gasteiger partial charge is 0.137 e. The molecule has 2 aromatic rings. The molecule has 0 amide bonds. The largest absolute Gasteiger partial charge is 0.506 e. The van der Waals surface area contributed by atoms with Gasteiger partial charge in [-0.05, 0) is 24.1 Å². The molecule has 0 aliphatic carbocycles. The number of hydrogen-bond donors (Lipinski definition) is 1. The van der Waals surface area contributed by atoms with Gasteiger partial charge in [0.1, 0.15) is 11.6 Å². The zero-order valence-electron chi connectivity index (χ0n) is 7.17. The molecule has 0 saturated carbocycles. The minimum Gasteiger partial charge on any atom is -0.506 e. The summed E-state index contributed by atoms with van der Waals surface area (Å²) in [5.74, 6) is -0.284. The third-order valence-electron chi connectivity index (χ3n) is 2.08. The fourth-order valence-corrected chi connectivity index (χ4v) is 2.25. The van der Waals surface area contributed by atoms with Crippen molar-refractivity contribution in [2.45, 2.75) is 13.3 Å². The Kier molecular flexibility index (Phi) is 1.96. The van der Waals surface area contributed by atoms with Gasteiger partial charge in [0.25, 0.3) is 0 Å². The second-order valence-corrected chi connectivity index (χ2v) is 3.84. The molecule has 1 aromatic heterocycles. The van der Waals surface area contributed by atoms with E-state index in [4.69, 9.17) is 0 Å². The lowest BCUT2D eigenvalue weighted by Crippen LogP contribution is -1.82. The summed E-state index contributed by atoms with van der Waals surface area (Å²) in [5.41, 5.74) is 0.965. The number of hydrogen-bond acceptors (Lipinski definition) is 2. The van der Waals surface area contributed by atoms with E-state index in [2.05, 4.69) is 0 Å². The van der Waals surface area contributed by atoms with Crippen molar-refractivity contribution in [3.05, 3.63) is 28.9 Å². The Morgan fingerprint density at radius 1 is 1.46 bits per heavy atom. The Bertz CT molecular complexity index is 447. The number of halogens is 1. The number of thiophene rings is 1. The topological polar surface area (TPSA) is 20.2 Å². The van der Waals surface area contributed by atoms with Gasteiger partial charge in [-0.15, -0.1) is 11.3 Å². The van der Waals surface area contributed by atoms with Crippen LogP contribution in [0.2, 0.25) is 0 Å². The molecule has 0 atom stereocenters. The SMILES string of the molecule is CCc1cc(F)c2c(O)csc2c1. The van der Waals surface area contributed by atoms with Crippen molar-refractivity contribution in [3.8, 4) is 5.75 Å². The summed E-state index contributed by atoms with van der Waals surface area (Å²) in [4.78, 5) is 0. The number of fused-ring (bicyclic) bond motifs is 1. The van der Waals surface area contributed by atoms with Gasteiger partial charge in [-0.2, -0.15) is 0 Å². The maximum atomic E-state index is 13.4. The van der Waals surface area contributed by atoms with Crippen LogP contribution in [0.1, 0.15) is 12.5 Å². The molecule has 0 aliphatic rings. The van der Waals surface area contributed by atoms with E-state index < -0.39 is 0 Å². The summed E-state index contributed by atoms with van der Waals surface area (Å²) >= 11 is 1.37. The minimum absolute atomic E-state index is 0.0418. The highest BCUT2D eigenvalue weighted by Crippen LogP contribution is 2.34. The summed E-state index contributed by atoms with van der Waals surface area (Å²) in [6.07, 6.45) is 0.811. The Labute approximate surface area is 79.4 Å². The van der Waals surface area contributed by atoms with Gasteiger partial charge in [0.05, 0.1) is 5.39 Å². The highest BCUT2D eigenvalue weighted by Gasteiger charge is 2.09. The Balaban J connectivity index is 2.79. The lowest BCUT2D eigenvalue weighted by atomic mass is 10.1. The molecular weight excluding hydrogens is 187 g/mol. The van der Waals surface area contributed by atoms with Crippen molar-refractivity contribution in [3.63, 3.8) is 0 Å². The molecular formula is C10H9FOS. The zero-order chi connectivity index (χ0) is 9.42. The van der Waals surface area contributed by atoms with E-state index in [1.54, 1.807) is 5.38 Å². The van der Waals surface area contributed by atoms with Gasteiger partial charge < -0.3 is 5.11 Å². The first-order valence-electron chi connectivity index (χ1n) is 4.11. The fourth-order valence-electron chi connectivity index (χ4n) is 1.36. The predicted octanol–water partition coefficient (Wildman–Crippen LogP) is 3.31. The fraction of sp³-hybridized carbons (Fsp3) is 0.200. The van der Waals surface area contributed by atoms with Gasteiger partial charge in [-0.1, -0.05) is 6.92 Å². The normalized spacial score (nSPS) is 10.9. The first-order valence-corrected chi connectivity index (χ1v) is 4.99. The van der Waals surface area contributed by atoms with Crippen LogP contribution in [-0.2, 0) is 6.42 Å². The molecule has 0 saturated heterocycles. The standard InChI is InChI=1S/C10H9FOS/c1-2-6-3-7(11)10-8(12)5-13-9(10)4-6/h3-5,12H,2H2,1H3. The van der Waals surface area contributed by atoms with Crippen LogP contribution in [0.4, 0.5) is 4.39 Å². The van der Waals surface area contributed by atoms with Crippen molar-refractivity contribution >= 4 is 21.4 Å². The third-order valence-corrected chi connectivity index (χ3v) is 2.99. The number of aryl methyl sites for hydroxylation is 1. The first kappa shape index (κ1) is 8.51. The van der Waals surface area contributed by atoms with E-state index >= 15 is 0 Å². The van der Waals surface area contributed by atoms with E-state index in [9.17, 15) is 9.50 Å². The van der Waals surface area contributed by atoms with Crippen LogP contribution in [0.3, 0.4) is 0 Å². The summed E-state index contributed by atoms with van der Waals surface area (Å²) in [5, 5.41) is 11.2. The highest BCUT2D eigenvalue weighted by atomic mass is 32.1. The van der Waals surface area contributed by atoms with Gasteiger partial charge in [-0.3, -0.25) is 0 Å². The molecule has 2 rings (SSSR count). The van der Waals surface area contributed by atoms with Gasteiger partial charge in [0.15, 0.2) is 0 Å². The predicted molar refractivity (Wildman–Crippen MR) is 52.8 cm³/mol. The van der Waals surface area contributed by atoms with E-state index in [0.29, 0.717) is 5.39 Å². The Morgan fingerprint density at radius 3 is 2.92 bits per heavy atom. The molecule has 1 heterocycles. The molecule has 0 bridgehead atoms. The van der Waals surface area contributed by atoms with E-state index in [1.165, 1.54) is 17.4 Å². The molecule has 1 N–H and O–H groups in total. The minimum atomic E-state index is -0.326. The Morgan fingerprint density at radius 2 is 2.23 bits per heavy atom. The average molecular weight is 196 g/mol. The summed E-state index contributed by atoms with van der Waals surface area (Å²) < 4.78 is 14.2. The van der Waals surface area contributed by atoms with Crippen molar-refractivity contribution in [2.24, 2.45) is 0 Å². The second-order valence-electron chi connectivity index (χ2n) is 2.93. The molecule has 0 unspecified atom stereocenters. The average Bonchev–Trinajstić information content (AvgIpc) is 2.48. The van der Waals surface area contributed by atoms with Crippen LogP contribution < -0.4 is 0 Å². The Hall–Kier alpha value is -1.09. The van der Waals surface area contributed by atoms with Crippen molar-refractivity contribution < 1.29 is 9.50 Å². The molecule has 0 spiro atoms. The number of aromatic hydroxyl groups is 1. The molecule has 68 valence electrons. The summed E-state index contributed by atoms with van der Waals surface area (Å²) in [7, 11) is 0. The van der Waals surface area contributed by atoms with Gasteiger partial charge in [0.2, 0.25) is 0 Å². The van der Waals surface area contributed by atoms with Gasteiger partial charge in [-0.25, -0.2) is 4.39 Å². The monoisotopic (exact) mass is 196 g/mol. The molecule has 1 nitrogen and oxygen atoms in total. The zero-order valence-corrected chi connectivity index (χ0v) is 7.99. The van der Waals surface area contributed by atoms with Crippen molar-refractivity contribution in [1.29, 1.82) is 0 Å². The molecule has 3 heteroatoms. The number of benzene rings is 1. The lowest BCUT2D eigenvalue weighted by molar-refractivity contribution is 0.480. The van der Waals surface area contributed by atoms with Crippen molar-refractivity contribution in [2.75, 3.05) is 0 Å². The summed E-state index contributed by atoms with van der Waals surface area (Å²) in [6.45, 7) is 1.98. The van der Waals surface area contributed by atoms with Gasteiger partial charge in [0, 0.05) is 10.1 Å². The van der Waals surface area contributed by atoms with E-state index in [-0.39, 0.29) is 11.6 Å². The quantitative estimate of drug-likeness (QED) is 0.741. The molecule has 13 heavy (non-hydrogen) atoms. The van der Waals surface area contributed by atoms with Gasteiger partial charge >= 0.3 is 0 Å². The molecule has 0 radical (unpaired) electrons. The molecule has 0 aliphatic heterocycles. The van der Waals surface area contributed by atoms with Crippen LogP contribution in [-0.4, -0.2) is 5.11 Å². The van der Waals surface area contributed by atoms with Crippen LogP contribution >= 0.6 is 11.3 Å². The summed E-state index contributed by atoms with van der Waals surface area (Å²) in [6, 6.07) is 3.40. The van der Waals surface area contributed by atoms with Crippen LogP contribution in [0, 0.1) is 5.82 Å². The molecule has 1 aromatic carbocycles. The van der Waals surface area contributed by atoms with Crippen LogP contribution in [0.15, 0.2) is 17.5 Å². The number of rotatable bonds is 1. The first-order chi connectivity index (χ1) is 6.22. The lowest BCUT2D eigenvalue weighted by Gasteiger charge is -1.98. The van der Waals surface area contributed by atoms with E-state index in [0.717, 1.165) is 16.7 Å². The third kappa shape index (κ3) is 1.29. The maximum absolute atomic E-state index is 13.4. The van der Waals surface area contributed by atoms with Crippen LogP contribution in [0.25, 0.3) is 10.1 Å². The van der Waals surface area contributed by atoms with Crippen molar-refractivity contribution in [1.82, 2.24) is 0 Å². The second kappa shape index (κ2) is 3.00.